The lowest BCUT2D eigenvalue weighted by Crippen LogP contribution is -2.00. The van der Waals surface area contributed by atoms with E-state index in [1.165, 1.54) is 16.8 Å². The molecule has 0 unspecified atom stereocenters. The Hall–Kier alpha value is -2.44. The van der Waals surface area contributed by atoms with Gasteiger partial charge in [-0.25, -0.2) is 4.79 Å². The molecule has 7 heteroatoms. The average molecular weight is 234 g/mol. The molecule has 0 aliphatic rings. The Morgan fingerprint density at radius 1 is 1.47 bits per heavy atom. The lowest BCUT2D eigenvalue weighted by atomic mass is 10.1. The zero-order valence-electron chi connectivity index (χ0n) is 9.28. The third kappa shape index (κ3) is 2.22. The lowest BCUT2D eigenvalue weighted by Gasteiger charge is -2.06. The maximum Gasteiger partial charge on any atom is 0.340 e. The summed E-state index contributed by atoms with van der Waals surface area (Å²) in [5, 5.41) is 19.6. The van der Waals surface area contributed by atoms with Gasteiger partial charge in [0, 0.05) is 7.05 Å². The predicted molar refractivity (Wildman–Crippen MR) is 57.0 cm³/mol. The Labute approximate surface area is 96.6 Å². The van der Waals surface area contributed by atoms with Crippen molar-refractivity contribution in [3.8, 4) is 11.8 Å². The summed E-state index contributed by atoms with van der Waals surface area (Å²) in [6.07, 6.45) is 0. The van der Waals surface area contributed by atoms with E-state index in [-0.39, 0.29) is 11.6 Å². The number of hydrogen-bond donors (Lipinski definition) is 1. The highest BCUT2D eigenvalue weighted by atomic mass is 16.5. The third-order valence-corrected chi connectivity index (χ3v) is 2.20. The number of aryl methyl sites for hydroxylation is 2. The third-order valence-electron chi connectivity index (χ3n) is 2.20. The van der Waals surface area contributed by atoms with Gasteiger partial charge in [-0.05, 0) is 41.1 Å². The number of aromatic nitrogens is 4. The first-order valence-corrected chi connectivity index (χ1v) is 4.82. The van der Waals surface area contributed by atoms with Crippen LogP contribution in [-0.4, -0.2) is 31.3 Å². The normalized spacial score (nSPS) is 10.2. The fourth-order valence-electron chi connectivity index (χ4n) is 1.30. The van der Waals surface area contributed by atoms with Crippen molar-refractivity contribution in [2.75, 3.05) is 0 Å². The minimum absolute atomic E-state index is 0.214. The van der Waals surface area contributed by atoms with E-state index in [9.17, 15) is 4.79 Å². The number of nitrogens with zero attached hydrogens (tertiary/aromatic N) is 4. The van der Waals surface area contributed by atoms with Gasteiger partial charge in [0.15, 0.2) is 0 Å². The van der Waals surface area contributed by atoms with E-state index >= 15 is 0 Å². The lowest BCUT2D eigenvalue weighted by molar-refractivity contribution is 0.0697. The number of carboxylic acid groups (broad SMARTS) is 1. The van der Waals surface area contributed by atoms with E-state index < -0.39 is 5.97 Å². The second-order valence-electron chi connectivity index (χ2n) is 3.47. The minimum atomic E-state index is -0.972. The van der Waals surface area contributed by atoms with Crippen molar-refractivity contribution in [3.05, 3.63) is 29.3 Å². The van der Waals surface area contributed by atoms with Gasteiger partial charge in [0.2, 0.25) is 0 Å². The van der Waals surface area contributed by atoms with Gasteiger partial charge in [-0.1, -0.05) is 5.10 Å². The Bertz CT molecular complexity index is 564. The summed E-state index contributed by atoms with van der Waals surface area (Å²) in [7, 11) is 1.65. The zero-order valence-corrected chi connectivity index (χ0v) is 9.28. The van der Waals surface area contributed by atoms with Crippen molar-refractivity contribution in [2.24, 2.45) is 7.05 Å². The van der Waals surface area contributed by atoms with Crippen LogP contribution in [0.3, 0.4) is 0 Å². The highest BCUT2D eigenvalue weighted by Crippen LogP contribution is 2.23. The van der Waals surface area contributed by atoms with Gasteiger partial charge in [-0.3, -0.25) is 0 Å². The van der Waals surface area contributed by atoms with Crippen molar-refractivity contribution in [3.63, 3.8) is 0 Å². The quantitative estimate of drug-likeness (QED) is 0.852. The Morgan fingerprint density at radius 2 is 2.24 bits per heavy atom. The molecule has 0 aliphatic carbocycles. The molecule has 0 amide bonds. The van der Waals surface area contributed by atoms with Crippen LogP contribution in [0.25, 0.3) is 0 Å². The number of rotatable bonds is 3. The fraction of sp³-hybridized carbons (Fsp3) is 0.200. The molecule has 1 aromatic carbocycles. The molecule has 0 spiro atoms. The first-order chi connectivity index (χ1) is 8.08. The standard InChI is InChI=1S/C10H10N4O3/c1-6-5-7(9(15)16)3-4-8(6)17-10-11-12-13-14(10)2/h3-5H,1-2H3,(H,15,16). The summed E-state index contributed by atoms with van der Waals surface area (Å²) in [5.74, 6) is -0.451. The smallest absolute Gasteiger partial charge is 0.340 e. The number of hydrogen-bond acceptors (Lipinski definition) is 5. The predicted octanol–water partition coefficient (Wildman–Crippen LogP) is 1.01. The van der Waals surface area contributed by atoms with Crippen LogP contribution in [0.15, 0.2) is 18.2 Å². The molecular weight excluding hydrogens is 224 g/mol. The summed E-state index contributed by atoms with van der Waals surface area (Å²) in [5.41, 5.74) is 0.916. The number of benzene rings is 1. The van der Waals surface area contributed by atoms with Crippen LogP contribution in [0.4, 0.5) is 0 Å². The van der Waals surface area contributed by atoms with E-state index in [0.717, 1.165) is 0 Å². The molecule has 0 atom stereocenters. The summed E-state index contributed by atoms with van der Waals surface area (Å²) < 4.78 is 6.83. The molecule has 1 aromatic heterocycles. The summed E-state index contributed by atoms with van der Waals surface area (Å²) >= 11 is 0. The van der Waals surface area contributed by atoms with Gasteiger partial charge in [0.25, 0.3) is 0 Å². The van der Waals surface area contributed by atoms with Gasteiger partial charge < -0.3 is 9.84 Å². The van der Waals surface area contributed by atoms with E-state index in [1.54, 1.807) is 20.0 Å². The van der Waals surface area contributed by atoms with E-state index in [4.69, 9.17) is 9.84 Å². The van der Waals surface area contributed by atoms with E-state index in [2.05, 4.69) is 15.5 Å². The average Bonchev–Trinajstić information content (AvgIpc) is 2.67. The second kappa shape index (κ2) is 4.20. The minimum Gasteiger partial charge on any atom is -0.478 e. The van der Waals surface area contributed by atoms with Crippen LogP contribution in [-0.2, 0) is 7.05 Å². The number of carboxylic acids is 1. The molecule has 17 heavy (non-hydrogen) atoms. The Morgan fingerprint density at radius 3 is 2.76 bits per heavy atom. The van der Waals surface area contributed by atoms with Gasteiger partial charge >= 0.3 is 12.0 Å². The highest BCUT2D eigenvalue weighted by molar-refractivity contribution is 5.88. The van der Waals surface area contributed by atoms with Crippen LogP contribution < -0.4 is 4.74 Å². The first-order valence-electron chi connectivity index (χ1n) is 4.82. The van der Waals surface area contributed by atoms with Crippen LogP contribution in [0.5, 0.6) is 11.8 Å². The summed E-state index contributed by atoms with van der Waals surface area (Å²) in [6, 6.07) is 4.82. The van der Waals surface area contributed by atoms with Crippen LogP contribution in [0.2, 0.25) is 0 Å². The van der Waals surface area contributed by atoms with E-state index in [0.29, 0.717) is 11.3 Å². The summed E-state index contributed by atoms with van der Waals surface area (Å²) in [6.45, 7) is 1.76. The van der Waals surface area contributed by atoms with Gasteiger partial charge in [-0.15, -0.1) is 0 Å². The van der Waals surface area contributed by atoms with Crippen molar-refractivity contribution < 1.29 is 14.6 Å². The highest BCUT2D eigenvalue weighted by Gasteiger charge is 2.10. The number of carbonyl (C=O) groups is 1. The van der Waals surface area contributed by atoms with Crippen LogP contribution in [0, 0.1) is 6.92 Å². The molecule has 2 rings (SSSR count). The Balaban J connectivity index is 2.29. The van der Waals surface area contributed by atoms with Gasteiger partial charge in [-0.2, -0.15) is 4.68 Å². The topological polar surface area (TPSA) is 90.1 Å². The maximum absolute atomic E-state index is 10.8. The second-order valence-corrected chi connectivity index (χ2v) is 3.47. The first kappa shape index (κ1) is 11.1. The van der Waals surface area contributed by atoms with Crippen molar-refractivity contribution in [1.82, 2.24) is 20.2 Å². The molecule has 88 valence electrons. The molecule has 0 saturated heterocycles. The summed E-state index contributed by atoms with van der Waals surface area (Å²) in [4.78, 5) is 10.8. The molecule has 0 aliphatic heterocycles. The number of tetrazole rings is 1. The number of aromatic carboxylic acids is 1. The molecule has 7 nitrogen and oxygen atoms in total. The van der Waals surface area contributed by atoms with Crippen molar-refractivity contribution in [1.29, 1.82) is 0 Å². The van der Waals surface area contributed by atoms with Crippen molar-refractivity contribution >= 4 is 5.97 Å². The molecule has 2 aromatic rings. The molecule has 0 radical (unpaired) electrons. The van der Waals surface area contributed by atoms with Gasteiger partial charge in [0.05, 0.1) is 5.56 Å². The number of ether oxygens (including phenoxy) is 1. The zero-order chi connectivity index (χ0) is 12.4. The maximum atomic E-state index is 10.8. The molecule has 1 N–H and O–H groups in total. The fourth-order valence-corrected chi connectivity index (χ4v) is 1.30. The van der Waals surface area contributed by atoms with Gasteiger partial charge in [0.1, 0.15) is 5.75 Å². The molecule has 1 heterocycles. The molecular formula is C10H10N4O3. The molecule has 0 bridgehead atoms. The molecule has 0 saturated carbocycles. The van der Waals surface area contributed by atoms with Crippen molar-refractivity contribution in [2.45, 2.75) is 6.92 Å². The monoisotopic (exact) mass is 234 g/mol. The molecule has 0 fully saturated rings. The van der Waals surface area contributed by atoms with Crippen LogP contribution in [0.1, 0.15) is 15.9 Å². The van der Waals surface area contributed by atoms with E-state index in [1.807, 2.05) is 0 Å². The largest absolute Gasteiger partial charge is 0.478 e. The SMILES string of the molecule is Cc1cc(C(=O)O)ccc1Oc1nnnn1C. The Kier molecular flexibility index (Phi) is 2.73. The van der Waals surface area contributed by atoms with Crippen LogP contribution >= 0.6 is 0 Å².